The van der Waals surface area contributed by atoms with Gasteiger partial charge < -0.3 is 18.9 Å². The van der Waals surface area contributed by atoms with Gasteiger partial charge in [-0.15, -0.1) is 0 Å². The molecule has 1 aliphatic heterocycles. The van der Waals surface area contributed by atoms with Crippen LogP contribution in [0.3, 0.4) is 0 Å². The molecule has 2 aromatic rings. The van der Waals surface area contributed by atoms with Crippen LogP contribution in [0, 0.1) is 0 Å². The lowest BCUT2D eigenvalue weighted by Crippen LogP contribution is -2.51. The topological polar surface area (TPSA) is 112 Å². The van der Waals surface area contributed by atoms with Crippen LogP contribution in [0.1, 0.15) is 23.7 Å². The first-order valence-corrected chi connectivity index (χ1v) is 9.44. The molecule has 9 heteroatoms. The minimum absolute atomic E-state index is 0.00562. The summed E-state index contributed by atoms with van der Waals surface area (Å²) < 4.78 is 21.3. The number of fused-ring (bicyclic) bond motifs is 1. The summed E-state index contributed by atoms with van der Waals surface area (Å²) in [6.45, 7) is 2.03. The molecule has 9 nitrogen and oxygen atoms in total. The fourth-order valence-corrected chi connectivity index (χ4v) is 2.52. The van der Waals surface area contributed by atoms with Gasteiger partial charge in [0.1, 0.15) is 12.4 Å². The Labute approximate surface area is 173 Å². The molecule has 0 aromatic heterocycles. The second kappa shape index (κ2) is 10.1. The molecule has 0 spiro atoms. The van der Waals surface area contributed by atoms with Crippen molar-refractivity contribution in [3.8, 4) is 17.2 Å². The SMILES string of the molecule is CCCOc1ccc(C(=O)OCC(=O)NNC(=O)[C@H]2COc3ccccc3O2)cc1. The standard InChI is InChI=1S/C21H22N2O7/c1-2-11-27-15-9-7-14(8-10-15)21(26)29-13-19(24)22-23-20(25)18-12-28-16-5-3-4-6-17(16)30-18/h3-10,18H,2,11-13H2,1H3,(H,22,24)(H,23,25)/t18-/m1/s1. The third kappa shape index (κ3) is 5.63. The molecular formula is C21H22N2O7. The van der Waals surface area contributed by atoms with Crippen molar-refractivity contribution in [3.05, 3.63) is 54.1 Å². The van der Waals surface area contributed by atoms with Gasteiger partial charge in [0, 0.05) is 0 Å². The predicted molar refractivity (Wildman–Crippen MR) is 105 cm³/mol. The molecule has 30 heavy (non-hydrogen) atoms. The summed E-state index contributed by atoms with van der Waals surface area (Å²) in [5.74, 6) is -0.328. The zero-order valence-corrected chi connectivity index (χ0v) is 16.4. The average molecular weight is 414 g/mol. The van der Waals surface area contributed by atoms with Crippen LogP contribution < -0.4 is 25.1 Å². The van der Waals surface area contributed by atoms with Gasteiger partial charge in [0.05, 0.1) is 12.2 Å². The lowest BCUT2D eigenvalue weighted by molar-refractivity contribution is -0.135. The Morgan fingerprint density at radius 3 is 2.50 bits per heavy atom. The van der Waals surface area contributed by atoms with Crippen molar-refractivity contribution in [2.45, 2.75) is 19.4 Å². The van der Waals surface area contributed by atoms with Gasteiger partial charge in [-0.3, -0.25) is 20.4 Å². The van der Waals surface area contributed by atoms with Crippen LogP contribution in [0.2, 0.25) is 0 Å². The Kier molecular flexibility index (Phi) is 7.09. The number of nitrogens with one attached hydrogen (secondary N) is 2. The van der Waals surface area contributed by atoms with Gasteiger partial charge in [-0.1, -0.05) is 19.1 Å². The van der Waals surface area contributed by atoms with E-state index in [0.29, 0.717) is 23.9 Å². The van der Waals surface area contributed by atoms with E-state index in [1.54, 1.807) is 48.5 Å². The van der Waals surface area contributed by atoms with E-state index < -0.39 is 30.5 Å². The molecule has 3 rings (SSSR count). The lowest BCUT2D eigenvalue weighted by Gasteiger charge is -2.25. The Morgan fingerprint density at radius 1 is 1.03 bits per heavy atom. The van der Waals surface area contributed by atoms with E-state index in [1.165, 1.54) is 0 Å². The Bertz CT molecular complexity index is 898. The Balaban J connectivity index is 1.39. The number of esters is 1. The number of para-hydroxylation sites is 2. The van der Waals surface area contributed by atoms with Gasteiger partial charge in [-0.05, 0) is 42.8 Å². The van der Waals surface area contributed by atoms with E-state index in [4.69, 9.17) is 18.9 Å². The normalized spacial score (nSPS) is 14.4. The third-order valence-electron chi connectivity index (χ3n) is 4.02. The van der Waals surface area contributed by atoms with Crippen molar-refractivity contribution < 1.29 is 33.3 Å². The molecule has 1 atom stereocenters. The van der Waals surface area contributed by atoms with Crippen LogP contribution >= 0.6 is 0 Å². The molecule has 0 saturated carbocycles. The zero-order chi connectivity index (χ0) is 21.3. The highest BCUT2D eigenvalue weighted by Crippen LogP contribution is 2.30. The molecule has 1 heterocycles. The van der Waals surface area contributed by atoms with Crippen LogP contribution in [-0.2, 0) is 14.3 Å². The molecule has 0 unspecified atom stereocenters. The molecule has 0 fully saturated rings. The summed E-state index contributed by atoms with van der Waals surface area (Å²) in [7, 11) is 0. The molecule has 0 aliphatic carbocycles. The first-order valence-electron chi connectivity index (χ1n) is 9.44. The number of ether oxygens (including phenoxy) is 4. The van der Waals surface area contributed by atoms with Gasteiger partial charge in [0.25, 0.3) is 11.8 Å². The molecule has 2 N–H and O–H groups in total. The van der Waals surface area contributed by atoms with Crippen molar-refractivity contribution in [2.24, 2.45) is 0 Å². The second-order valence-electron chi connectivity index (χ2n) is 6.35. The minimum Gasteiger partial charge on any atom is -0.494 e. The van der Waals surface area contributed by atoms with E-state index in [2.05, 4.69) is 10.9 Å². The first-order chi connectivity index (χ1) is 14.6. The fraction of sp³-hybridized carbons (Fsp3) is 0.286. The smallest absolute Gasteiger partial charge is 0.338 e. The highest BCUT2D eigenvalue weighted by molar-refractivity contribution is 5.92. The highest BCUT2D eigenvalue weighted by Gasteiger charge is 2.27. The number of hydrogen-bond acceptors (Lipinski definition) is 7. The second-order valence-corrected chi connectivity index (χ2v) is 6.35. The zero-order valence-electron chi connectivity index (χ0n) is 16.4. The van der Waals surface area contributed by atoms with Crippen molar-refractivity contribution >= 4 is 17.8 Å². The summed E-state index contributed by atoms with van der Waals surface area (Å²) in [5, 5.41) is 0. The van der Waals surface area contributed by atoms with Gasteiger partial charge in [0.15, 0.2) is 18.1 Å². The molecule has 0 radical (unpaired) electrons. The minimum atomic E-state index is -0.920. The van der Waals surface area contributed by atoms with Gasteiger partial charge in [-0.25, -0.2) is 4.79 Å². The monoisotopic (exact) mass is 414 g/mol. The summed E-state index contributed by atoms with van der Waals surface area (Å²) in [6, 6.07) is 13.3. The average Bonchev–Trinajstić information content (AvgIpc) is 2.79. The maximum atomic E-state index is 12.1. The number of benzene rings is 2. The summed E-state index contributed by atoms with van der Waals surface area (Å²) in [5.41, 5.74) is 4.67. The maximum Gasteiger partial charge on any atom is 0.338 e. The number of hydrazine groups is 1. The summed E-state index contributed by atoms with van der Waals surface area (Å²) in [4.78, 5) is 36.0. The quantitative estimate of drug-likeness (QED) is 0.523. The van der Waals surface area contributed by atoms with Gasteiger partial charge >= 0.3 is 5.97 Å². The largest absolute Gasteiger partial charge is 0.494 e. The number of carbonyl (C=O) groups excluding carboxylic acids is 3. The van der Waals surface area contributed by atoms with Gasteiger partial charge in [0.2, 0.25) is 6.10 Å². The Morgan fingerprint density at radius 2 is 1.77 bits per heavy atom. The molecule has 0 saturated heterocycles. The van der Waals surface area contributed by atoms with Crippen LogP contribution in [0.15, 0.2) is 48.5 Å². The van der Waals surface area contributed by atoms with E-state index in [0.717, 1.165) is 6.42 Å². The number of rotatable bonds is 7. The number of carbonyl (C=O) groups is 3. The van der Waals surface area contributed by atoms with Gasteiger partial charge in [-0.2, -0.15) is 0 Å². The molecule has 158 valence electrons. The van der Waals surface area contributed by atoms with Crippen molar-refractivity contribution in [1.29, 1.82) is 0 Å². The van der Waals surface area contributed by atoms with Crippen LogP contribution in [-0.4, -0.2) is 43.7 Å². The molecule has 0 bridgehead atoms. The fourth-order valence-electron chi connectivity index (χ4n) is 2.52. The van der Waals surface area contributed by atoms with E-state index in [9.17, 15) is 14.4 Å². The van der Waals surface area contributed by atoms with Crippen molar-refractivity contribution in [1.82, 2.24) is 10.9 Å². The third-order valence-corrected chi connectivity index (χ3v) is 4.02. The molecule has 2 amide bonds. The molecule has 1 aliphatic rings. The summed E-state index contributed by atoms with van der Waals surface area (Å²) in [6.07, 6.45) is -0.0426. The summed E-state index contributed by atoms with van der Waals surface area (Å²) >= 11 is 0. The molecule has 2 aromatic carbocycles. The number of hydrogen-bond donors (Lipinski definition) is 2. The Hall–Kier alpha value is -3.75. The number of amides is 2. The van der Waals surface area contributed by atoms with E-state index >= 15 is 0 Å². The van der Waals surface area contributed by atoms with E-state index in [1.807, 2.05) is 6.92 Å². The van der Waals surface area contributed by atoms with Crippen molar-refractivity contribution in [2.75, 3.05) is 19.8 Å². The lowest BCUT2D eigenvalue weighted by atomic mass is 10.2. The maximum absolute atomic E-state index is 12.1. The predicted octanol–water partition coefficient (Wildman–Crippen LogP) is 1.62. The van der Waals surface area contributed by atoms with Crippen LogP contribution in [0.4, 0.5) is 0 Å². The first kappa shape index (κ1) is 21.0. The highest BCUT2D eigenvalue weighted by atomic mass is 16.6. The van der Waals surface area contributed by atoms with Crippen LogP contribution in [0.25, 0.3) is 0 Å². The molecular weight excluding hydrogens is 392 g/mol. The van der Waals surface area contributed by atoms with Crippen molar-refractivity contribution in [3.63, 3.8) is 0 Å². The van der Waals surface area contributed by atoms with Crippen LogP contribution in [0.5, 0.6) is 17.2 Å². The van der Waals surface area contributed by atoms with E-state index in [-0.39, 0.29) is 12.2 Å².